The summed E-state index contributed by atoms with van der Waals surface area (Å²) in [6.07, 6.45) is 1.89. The van der Waals surface area contributed by atoms with E-state index in [4.69, 9.17) is 23.2 Å². The van der Waals surface area contributed by atoms with Gasteiger partial charge in [0, 0.05) is 26.0 Å². The van der Waals surface area contributed by atoms with Gasteiger partial charge in [0.2, 0.25) is 0 Å². The normalized spacial score (nSPS) is 14.2. The first-order chi connectivity index (χ1) is 7.76. The zero-order valence-electron chi connectivity index (χ0n) is 9.89. The minimum Gasteiger partial charge on any atom is -0.255 e. The average Bonchev–Trinajstić information content (AvgIpc) is 2.55. The van der Waals surface area contributed by atoms with Gasteiger partial charge in [0.15, 0.2) is 5.03 Å². The molecule has 1 rings (SSSR count). The predicted octanol–water partition coefficient (Wildman–Crippen LogP) is 1.71. The van der Waals surface area contributed by atoms with Crippen LogP contribution in [-0.4, -0.2) is 41.5 Å². The molecule has 0 saturated heterocycles. The molecule has 8 heteroatoms. The highest BCUT2D eigenvalue weighted by molar-refractivity contribution is 7.89. The maximum Gasteiger partial charge on any atom is 0.261 e. The van der Waals surface area contributed by atoms with Crippen LogP contribution in [0.2, 0.25) is 5.02 Å². The van der Waals surface area contributed by atoms with E-state index in [0.717, 1.165) is 0 Å². The lowest BCUT2D eigenvalue weighted by atomic mass is 10.3. The van der Waals surface area contributed by atoms with E-state index < -0.39 is 10.0 Å². The van der Waals surface area contributed by atoms with Crippen molar-refractivity contribution in [1.82, 2.24) is 14.1 Å². The molecule has 5 nitrogen and oxygen atoms in total. The lowest BCUT2D eigenvalue weighted by Crippen LogP contribution is -2.30. The van der Waals surface area contributed by atoms with Crippen molar-refractivity contribution in [2.75, 3.05) is 13.6 Å². The molecule has 0 amide bonds. The van der Waals surface area contributed by atoms with Crippen LogP contribution in [0.15, 0.2) is 11.2 Å². The van der Waals surface area contributed by atoms with Crippen molar-refractivity contribution >= 4 is 33.2 Å². The average molecular weight is 300 g/mol. The molecule has 0 aliphatic carbocycles. The maximum atomic E-state index is 12.2. The minimum atomic E-state index is -3.61. The van der Waals surface area contributed by atoms with Gasteiger partial charge in [-0.15, -0.1) is 11.6 Å². The number of aryl methyl sites for hydroxylation is 1. The third kappa shape index (κ3) is 3.34. The first kappa shape index (κ1) is 14.8. The van der Waals surface area contributed by atoms with E-state index in [-0.39, 0.29) is 15.4 Å². The second-order valence-corrected chi connectivity index (χ2v) is 6.93. The second kappa shape index (κ2) is 5.56. The number of rotatable bonds is 5. The molecule has 1 aromatic heterocycles. The number of nitrogens with zero attached hydrogens (tertiary/aromatic N) is 3. The summed E-state index contributed by atoms with van der Waals surface area (Å²) in [5.74, 6) is 0. The number of halogens is 2. The molecule has 1 aromatic rings. The summed E-state index contributed by atoms with van der Waals surface area (Å²) in [4.78, 5) is 0. The summed E-state index contributed by atoms with van der Waals surface area (Å²) >= 11 is 11.6. The number of sulfonamides is 1. The molecule has 0 aliphatic rings. The van der Waals surface area contributed by atoms with Crippen molar-refractivity contribution in [3.63, 3.8) is 0 Å². The molecular weight excluding hydrogens is 285 g/mol. The Kier molecular flexibility index (Phi) is 4.83. The van der Waals surface area contributed by atoms with Crippen molar-refractivity contribution in [3.05, 3.63) is 11.2 Å². The Balaban J connectivity index is 2.96. The Hall–Kier alpha value is -0.300. The maximum absolute atomic E-state index is 12.2. The standard InChI is InChI=1S/C9H15Cl2N3O2S/c1-7(10)4-5-13(2)17(15,16)9-8(11)6-12-14(9)3/h6-7H,4-5H2,1-3H3. The molecule has 17 heavy (non-hydrogen) atoms. The van der Waals surface area contributed by atoms with Crippen LogP contribution in [0.4, 0.5) is 0 Å². The zero-order valence-corrected chi connectivity index (χ0v) is 12.2. The zero-order chi connectivity index (χ0) is 13.2. The topological polar surface area (TPSA) is 55.2 Å². The molecule has 0 fully saturated rings. The quantitative estimate of drug-likeness (QED) is 0.778. The second-order valence-electron chi connectivity index (χ2n) is 3.82. The van der Waals surface area contributed by atoms with E-state index in [1.165, 1.54) is 29.3 Å². The molecule has 0 bridgehead atoms. The van der Waals surface area contributed by atoms with Gasteiger partial charge in [-0.25, -0.2) is 8.42 Å². The van der Waals surface area contributed by atoms with Gasteiger partial charge in [0.05, 0.1) is 11.2 Å². The van der Waals surface area contributed by atoms with Gasteiger partial charge < -0.3 is 0 Å². The van der Waals surface area contributed by atoms with Gasteiger partial charge in [0.1, 0.15) is 0 Å². The van der Waals surface area contributed by atoms with Gasteiger partial charge in [-0.1, -0.05) is 11.6 Å². The van der Waals surface area contributed by atoms with E-state index in [9.17, 15) is 8.42 Å². The summed E-state index contributed by atoms with van der Waals surface area (Å²) < 4.78 is 26.8. The molecule has 1 atom stereocenters. The van der Waals surface area contributed by atoms with E-state index in [0.29, 0.717) is 13.0 Å². The molecular formula is C9H15Cl2N3O2S. The van der Waals surface area contributed by atoms with Crippen LogP contribution >= 0.6 is 23.2 Å². The number of aromatic nitrogens is 2. The SMILES string of the molecule is CC(Cl)CCN(C)S(=O)(=O)c1c(Cl)cnn1C. The van der Waals surface area contributed by atoms with Gasteiger partial charge in [-0.3, -0.25) is 4.68 Å². The molecule has 0 spiro atoms. The summed E-state index contributed by atoms with van der Waals surface area (Å²) in [5.41, 5.74) is 0. The smallest absolute Gasteiger partial charge is 0.255 e. The highest BCUT2D eigenvalue weighted by Crippen LogP contribution is 2.23. The van der Waals surface area contributed by atoms with Crippen molar-refractivity contribution in [3.8, 4) is 0 Å². The Morgan fingerprint density at radius 3 is 2.59 bits per heavy atom. The third-order valence-electron chi connectivity index (χ3n) is 2.34. The fraction of sp³-hybridized carbons (Fsp3) is 0.667. The van der Waals surface area contributed by atoms with E-state index >= 15 is 0 Å². The van der Waals surface area contributed by atoms with Crippen molar-refractivity contribution in [2.45, 2.75) is 23.7 Å². The number of hydrogen-bond donors (Lipinski definition) is 0. The van der Waals surface area contributed by atoms with E-state index in [2.05, 4.69) is 5.10 Å². The number of hydrogen-bond acceptors (Lipinski definition) is 3. The van der Waals surface area contributed by atoms with Crippen molar-refractivity contribution in [2.24, 2.45) is 7.05 Å². The fourth-order valence-corrected chi connectivity index (χ4v) is 3.19. The lowest BCUT2D eigenvalue weighted by molar-refractivity contribution is 0.452. The monoisotopic (exact) mass is 299 g/mol. The van der Waals surface area contributed by atoms with Crippen LogP contribution in [-0.2, 0) is 17.1 Å². The fourth-order valence-electron chi connectivity index (χ4n) is 1.32. The third-order valence-corrected chi connectivity index (χ3v) is 4.92. The van der Waals surface area contributed by atoms with Crippen LogP contribution in [0.3, 0.4) is 0 Å². The lowest BCUT2D eigenvalue weighted by Gasteiger charge is -2.17. The summed E-state index contributed by atoms with van der Waals surface area (Å²) in [6.45, 7) is 2.16. The molecule has 1 unspecified atom stereocenters. The van der Waals surface area contributed by atoms with Crippen molar-refractivity contribution < 1.29 is 8.42 Å². The minimum absolute atomic E-state index is 0.00360. The molecule has 1 heterocycles. The van der Waals surface area contributed by atoms with Gasteiger partial charge in [0.25, 0.3) is 10.0 Å². The Bertz CT molecular complexity index is 465. The number of alkyl halides is 1. The van der Waals surface area contributed by atoms with Gasteiger partial charge in [-0.05, 0) is 13.3 Å². The summed E-state index contributed by atoms with van der Waals surface area (Å²) in [6, 6.07) is 0. The molecule has 0 radical (unpaired) electrons. The Morgan fingerprint density at radius 1 is 1.59 bits per heavy atom. The molecule has 98 valence electrons. The predicted molar refractivity (Wildman–Crippen MR) is 68.0 cm³/mol. The van der Waals surface area contributed by atoms with E-state index in [1.807, 2.05) is 6.92 Å². The Morgan fingerprint density at radius 2 is 2.18 bits per heavy atom. The van der Waals surface area contributed by atoms with Crippen LogP contribution in [0.1, 0.15) is 13.3 Å². The Labute approximate surface area is 111 Å². The first-order valence-corrected chi connectivity index (χ1v) is 7.30. The first-order valence-electron chi connectivity index (χ1n) is 5.04. The highest BCUT2D eigenvalue weighted by Gasteiger charge is 2.27. The molecule has 0 saturated carbocycles. The molecule has 0 aliphatic heterocycles. The molecule has 0 N–H and O–H groups in total. The largest absolute Gasteiger partial charge is 0.261 e. The highest BCUT2D eigenvalue weighted by atomic mass is 35.5. The van der Waals surface area contributed by atoms with Crippen molar-refractivity contribution in [1.29, 1.82) is 0 Å². The van der Waals surface area contributed by atoms with Crippen LogP contribution in [0.5, 0.6) is 0 Å². The van der Waals surface area contributed by atoms with Crippen LogP contribution in [0.25, 0.3) is 0 Å². The summed E-state index contributed by atoms with van der Waals surface area (Å²) in [7, 11) is -0.573. The van der Waals surface area contributed by atoms with Gasteiger partial charge >= 0.3 is 0 Å². The summed E-state index contributed by atoms with van der Waals surface area (Å²) in [5, 5.41) is 3.87. The van der Waals surface area contributed by atoms with E-state index in [1.54, 1.807) is 0 Å². The van der Waals surface area contributed by atoms with Crippen LogP contribution in [0, 0.1) is 0 Å². The molecule has 0 aromatic carbocycles. The van der Waals surface area contributed by atoms with Gasteiger partial charge in [-0.2, -0.15) is 9.40 Å². The van der Waals surface area contributed by atoms with Crippen LogP contribution < -0.4 is 0 Å².